The Morgan fingerprint density at radius 1 is 1.32 bits per heavy atom. The summed E-state index contributed by atoms with van der Waals surface area (Å²) in [6, 6.07) is 4.17. The van der Waals surface area contributed by atoms with E-state index in [0.717, 1.165) is 30.6 Å². The van der Waals surface area contributed by atoms with Crippen molar-refractivity contribution in [2.45, 2.75) is 46.6 Å². The topological polar surface area (TPSA) is 58.5 Å². The van der Waals surface area contributed by atoms with E-state index >= 15 is 0 Å². The number of hydrogen-bond donors (Lipinski definition) is 2. The minimum Gasteiger partial charge on any atom is -0.490 e. The van der Waals surface area contributed by atoms with Crippen LogP contribution in [-0.2, 0) is 0 Å². The SMILES string of the molecule is CCNC(=NCCOc1cccnc1)NC(C)CCC(C)C. The number of guanidine groups is 1. The van der Waals surface area contributed by atoms with Gasteiger partial charge in [-0.1, -0.05) is 13.8 Å². The molecule has 0 radical (unpaired) electrons. The van der Waals surface area contributed by atoms with Crippen molar-refractivity contribution < 1.29 is 4.74 Å². The van der Waals surface area contributed by atoms with Crippen LogP contribution < -0.4 is 15.4 Å². The molecule has 124 valence electrons. The first kappa shape index (κ1) is 18.3. The Kier molecular flexibility index (Phi) is 9.03. The highest BCUT2D eigenvalue weighted by Gasteiger charge is 2.06. The number of pyridine rings is 1. The van der Waals surface area contributed by atoms with E-state index in [1.807, 2.05) is 12.1 Å². The molecule has 0 bridgehead atoms. The average Bonchev–Trinajstić information content (AvgIpc) is 2.50. The maximum absolute atomic E-state index is 5.59. The Bertz CT molecular complexity index is 420. The quantitative estimate of drug-likeness (QED) is 0.418. The first-order valence-electron chi connectivity index (χ1n) is 8.19. The van der Waals surface area contributed by atoms with Crippen molar-refractivity contribution in [2.24, 2.45) is 10.9 Å². The Labute approximate surface area is 134 Å². The summed E-state index contributed by atoms with van der Waals surface area (Å²) in [7, 11) is 0. The van der Waals surface area contributed by atoms with E-state index in [1.165, 1.54) is 6.42 Å². The normalized spacial score (nSPS) is 13.0. The van der Waals surface area contributed by atoms with Crippen LogP contribution in [0.3, 0.4) is 0 Å². The summed E-state index contributed by atoms with van der Waals surface area (Å²) in [5.41, 5.74) is 0. The predicted octanol–water partition coefficient (Wildman–Crippen LogP) is 2.84. The van der Waals surface area contributed by atoms with Gasteiger partial charge in [-0.2, -0.15) is 0 Å². The first-order chi connectivity index (χ1) is 10.6. The molecule has 0 aromatic carbocycles. The zero-order chi connectivity index (χ0) is 16.2. The van der Waals surface area contributed by atoms with Gasteiger partial charge in [0.15, 0.2) is 5.96 Å². The Morgan fingerprint density at radius 3 is 2.77 bits per heavy atom. The van der Waals surface area contributed by atoms with Crippen molar-refractivity contribution >= 4 is 5.96 Å². The molecule has 1 aromatic heterocycles. The Hall–Kier alpha value is -1.78. The van der Waals surface area contributed by atoms with Crippen molar-refractivity contribution in [1.29, 1.82) is 0 Å². The molecule has 0 saturated heterocycles. The fraction of sp³-hybridized carbons (Fsp3) is 0.647. The lowest BCUT2D eigenvalue weighted by Gasteiger charge is -2.18. The van der Waals surface area contributed by atoms with Crippen molar-refractivity contribution in [2.75, 3.05) is 19.7 Å². The maximum atomic E-state index is 5.59. The minimum absolute atomic E-state index is 0.416. The van der Waals surface area contributed by atoms with Crippen molar-refractivity contribution in [3.05, 3.63) is 24.5 Å². The van der Waals surface area contributed by atoms with E-state index in [9.17, 15) is 0 Å². The Balaban J connectivity index is 2.34. The lowest BCUT2D eigenvalue weighted by Crippen LogP contribution is -2.42. The van der Waals surface area contributed by atoms with Crippen LogP contribution in [0.2, 0.25) is 0 Å². The molecule has 0 saturated carbocycles. The Morgan fingerprint density at radius 2 is 2.14 bits per heavy atom. The zero-order valence-electron chi connectivity index (χ0n) is 14.3. The predicted molar refractivity (Wildman–Crippen MR) is 92.4 cm³/mol. The van der Waals surface area contributed by atoms with Gasteiger partial charge in [-0.3, -0.25) is 4.98 Å². The third kappa shape index (κ3) is 8.49. The molecular weight excluding hydrogens is 276 g/mol. The molecule has 1 aromatic rings. The largest absolute Gasteiger partial charge is 0.490 e. The van der Waals surface area contributed by atoms with Gasteiger partial charge in [0.25, 0.3) is 0 Å². The van der Waals surface area contributed by atoms with Crippen LogP contribution in [-0.4, -0.2) is 36.7 Å². The number of nitrogens with one attached hydrogen (secondary N) is 2. The number of rotatable bonds is 9. The summed E-state index contributed by atoms with van der Waals surface area (Å²) in [5, 5.41) is 6.71. The molecule has 22 heavy (non-hydrogen) atoms. The van der Waals surface area contributed by atoms with Crippen LogP contribution in [0.25, 0.3) is 0 Å². The zero-order valence-corrected chi connectivity index (χ0v) is 14.3. The molecule has 0 amide bonds. The first-order valence-corrected chi connectivity index (χ1v) is 8.19. The summed E-state index contributed by atoms with van der Waals surface area (Å²) < 4.78 is 5.59. The van der Waals surface area contributed by atoms with E-state index in [0.29, 0.717) is 19.2 Å². The van der Waals surface area contributed by atoms with E-state index in [4.69, 9.17) is 4.74 Å². The molecule has 1 unspecified atom stereocenters. The van der Waals surface area contributed by atoms with E-state index in [-0.39, 0.29) is 0 Å². The minimum atomic E-state index is 0.416. The number of aromatic nitrogens is 1. The third-order valence-electron chi connectivity index (χ3n) is 3.17. The molecule has 1 atom stereocenters. The molecule has 0 fully saturated rings. The van der Waals surface area contributed by atoms with E-state index in [2.05, 4.69) is 48.3 Å². The summed E-state index contributed by atoms with van der Waals surface area (Å²) >= 11 is 0. The van der Waals surface area contributed by atoms with Gasteiger partial charge in [-0.25, -0.2) is 4.99 Å². The second-order valence-electron chi connectivity index (χ2n) is 5.81. The van der Waals surface area contributed by atoms with E-state index in [1.54, 1.807) is 12.4 Å². The smallest absolute Gasteiger partial charge is 0.191 e. The molecule has 0 aliphatic heterocycles. The standard InChI is InChI=1S/C17H30N4O/c1-5-19-17(21-15(4)9-8-14(2)3)20-11-12-22-16-7-6-10-18-13-16/h6-7,10,13-15H,5,8-9,11-12H2,1-4H3,(H2,19,20,21). The molecule has 5 nitrogen and oxygen atoms in total. The number of hydrogen-bond acceptors (Lipinski definition) is 3. The molecule has 1 heterocycles. The van der Waals surface area contributed by atoms with Gasteiger partial charge in [-0.05, 0) is 44.7 Å². The molecular formula is C17H30N4O. The highest BCUT2D eigenvalue weighted by Crippen LogP contribution is 2.06. The summed E-state index contributed by atoms with van der Waals surface area (Å²) in [6.45, 7) is 10.8. The number of nitrogens with zero attached hydrogens (tertiary/aromatic N) is 2. The highest BCUT2D eigenvalue weighted by atomic mass is 16.5. The monoisotopic (exact) mass is 306 g/mol. The molecule has 0 aliphatic carbocycles. The van der Waals surface area contributed by atoms with Crippen molar-refractivity contribution in [3.63, 3.8) is 0 Å². The lowest BCUT2D eigenvalue weighted by molar-refractivity contribution is 0.327. The second-order valence-corrected chi connectivity index (χ2v) is 5.81. The number of aliphatic imine (C=N–C) groups is 1. The molecule has 0 spiro atoms. The van der Waals surface area contributed by atoms with Crippen molar-refractivity contribution in [1.82, 2.24) is 15.6 Å². The van der Waals surface area contributed by atoms with Gasteiger partial charge in [0.2, 0.25) is 0 Å². The maximum Gasteiger partial charge on any atom is 0.191 e. The van der Waals surface area contributed by atoms with Crippen LogP contribution >= 0.6 is 0 Å². The fourth-order valence-corrected chi connectivity index (χ4v) is 1.96. The fourth-order valence-electron chi connectivity index (χ4n) is 1.96. The number of ether oxygens (including phenoxy) is 1. The summed E-state index contributed by atoms with van der Waals surface area (Å²) in [4.78, 5) is 8.56. The van der Waals surface area contributed by atoms with Gasteiger partial charge >= 0.3 is 0 Å². The van der Waals surface area contributed by atoms with Crippen LogP contribution in [0.5, 0.6) is 5.75 Å². The van der Waals surface area contributed by atoms with Gasteiger partial charge in [0.1, 0.15) is 12.4 Å². The lowest BCUT2D eigenvalue weighted by atomic mass is 10.0. The van der Waals surface area contributed by atoms with Gasteiger partial charge in [-0.15, -0.1) is 0 Å². The van der Waals surface area contributed by atoms with Crippen LogP contribution in [0.1, 0.15) is 40.5 Å². The third-order valence-corrected chi connectivity index (χ3v) is 3.17. The molecule has 5 heteroatoms. The summed E-state index contributed by atoms with van der Waals surface area (Å²) in [6.07, 6.45) is 5.81. The van der Waals surface area contributed by atoms with Gasteiger partial charge in [0.05, 0.1) is 12.7 Å². The molecule has 1 rings (SSSR count). The van der Waals surface area contributed by atoms with Crippen LogP contribution in [0.4, 0.5) is 0 Å². The average molecular weight is 306 g/mol. The second kappa shape index (κ2) is 10.9. The van der Waals surface area contributed by atoms with Crippen molar-refractivity contribution in [3.8, 4) is 5.75 Å². The van der Waals surface area contributed by atoms with Gasteiger partial charge in [0, 0.05) is 18.8 Å². The van der Waals surface area contributed by atoms with Crippen LogP contribution in [0.15, 0.2) is 29.5 Å². The highest BCUT2D eigenvalue weighted by molar-refractivity contribution is 5.80. The summed E-state index contributed by atoms with van der Waals surface area (Å²) in [5.74, 6) is 2.37. The van der Waals surface area contributed by atoms with Gasteiger partial charge < -0.3 is 15.4 Å². The van der Waals surface area contributed by atoms with E-state index < -0.39 is 0 Å². The molecule has 2 N–H and O–H groups in total. The van der Waals surface area contributed by atoms with Crippen LogP contribution in [0, 0.1) is 5.92 Å². The molecule has 0 aliphatic rings.